The van der Waals surface area contributed by atoms with Crippen LogP contribution in [0.1, 0.15) is 18.1 Å². The van der Waals surface area contributed by atoms with Gasteiger partial charge in [0.1, 0.15) is 0 Å². The number of nitrogens with zero attached hydrogens (tertiary/aromatic N) is 2. The molecule has 1 aliphatic heterocycles. The van der Waals surface area contributed by atoms with Gasteiger partial charge in [-0.2, -0.15) is 5.26 Å². The Morgan fingerprint density at radius 3 is 2.45 bits per heavy atom. The molecule has 0 radical (unpaired) electrons. The summed E-state index contributed by atoms with van der Waals surface area (Å²) in [6.45, 7) is 2.19. The van der Waals surface area contributed by atoms with Crippen LogP contribution in [0.15, 0.2) is 54.6 Å². The smallest absolute Gasteiger partial charge is 0.252 e. The molecule has 3 nitrogen and oxygen atoms in total. The van der Waals surface area contributed by atoms with E-state index in [-0.39, 0.29) is 5.91 Å². The van der Waals surface area contributed by atoms with Crippen LogP contribution in [0.3, 0.4) is 0 Å². The van der Waals surface area contributed by atoms with Gasteiger partial charge in [-0.3, -0.25) is 4.79 Å². The van der Waals surface area contributed by atoms with E-state index in [4.69, 9.17) is 0 Å². The van der Waals surface area contributed by atoms with Gasteiger partial charge in [0.15, 0.2) is 5.41 Å². The fraction of sp³-hybridized carbons (Fsp3) is 0.176. The van der Waals surface area contributed by atoms with Crippen LogP contribution >= 0.6 is 0 Å². The first-order valence-corrected chi connectivity index (χ1v) is 6.53. The van der Waals surface area contributed by atoms with Crippen LogP contribution in [0.25, 0.3) is 0 Å². The zero-order chi connectivity index (χ0) is 14.2. The van der Waals surface area contributed by atoms with Crippen molar-refractivity contribution in [1.29, 1.82) is 5.26 Å². The van der Waals surface area contributed by atoms with Crippen LogP contribution in [0, 0.1) is 11.3 Å². The van der Waals surface area contributed by atoms with E-state index in [9.17, 15) is 10.1 Å². The third kappa shape index (κ3) is 1.70. The number of benzene rings is 2. The minimum atomic E-state index is -1.08. The van der Waals surface area contributed by atoms with Crippen LogP contribution in [0.2, 0.25) is 0 Å². The lowest BCUT2D eigenvalue weighted by molar-refractivity contribution is -0.121. The van der Waals surface area contributed by atoms with E-state index in [1.54, 1.807) is 11.8 Å². The Labute approximate surface area is 118 Å². The summed E-state index contributed by atoms with van der Waals surface area (Å²) in [6, 6.07) is 19.5. The summed E-state index contributed by atoms with van der Waals surface area (Å²) < 4.78 is 0. The SMILES string of the molecule is CC1(C#N)C(=O)N(Cc2ccccc2)c2ccccc21. The van der Waals surface area contributed by atoms with Crippen LogP contribution in [0.5, 0.6) is 0 Å². The molecule has 1 aliphatic rings. The number of nitriles is 1. The summed E-state index contributed by atoms with van der Waals surface area (Å²) in [7, 11) is 0. The van der Waals surface area contributed by atoms with Crippen molar-refractivity contribution in [2.75, 3.05) is 4.90 Å². The average Bonchev–Trinajstić information content (AvgIpc) is 2.72. The second-order valence-electron chi connectivity index (χ2n) is 5.13. The number of fused-ring (bicyclic) bond motifs is 1. The van der Waals surface area contributed by atoms with Crippen molar-refractivity contribution in [3.05, 3.63) is 65.7 Å². The molecule has 1 atom stereocenters. The Morgan fingerprint density at radius 2 is 1.75 bits per heavy atom. The van der Waals surface area contributed by atoms with E-state index in [2.05, 4.69) is 6.07 Å². The molecule has 98 valence electrons. The molecule has 20 heavy (non-hydrogen) atoms. The molecule has 0 bridgehead atoms. The van der Waals surface area contributed by atoms with Crippen molar-refractivity contribution in [2.45, 2.75) is 18.9 Å². The third-order valence-electron chi connectivity index (χ3n) is 3.81. The number of rotatable bonds is 2. The number of carbonyl (C=O) groups is 1. The summed E-state index contributed by atoms with van der Waals surface area (Å²) in [5.74, 6) is -0.148. The lowest BCUT2D eigenvalue weighted by atomic mass is 9.85. The number of anilines is 1. The highest BCUT2D eigenvalue weighted by Crippen LogP contribution is 2.41. The standard InChI is InChI=1S/C17H14N2O/c1-17(12-18)14-9-5-6-10-15(14)19(16(17)20)11-13-7-3-2-4-8-13/h2-10H,11H2,1H3. The maximum absolute atomic E-state index is 12.6. The number of carbonyl (C=O) groups excluding carboxylic acids is 1. The Morgan fingerprint density at radius 1 is 1.10 bits per heavy atom. The molecule has 0 N–H and O–H groups in total. The van der Waals surface area contributed by atoms with Crippen LogP contribution in [0.4, 0.5) is 5.69 Å². The molecule has 0 fully saturated rings. The highest BCUT2D eigenvalue weighted by atomic mass is 16.2. The summed E-state index contributed by atoms with van der Waals surface area (Å²) in [6.07, 6.45) is 0. The second-order valence-corrected chi connectivity index (χ2v) is 5.13. The lowest BCUT2D eigenvalue weighted by Crippen LogP contribution is -2.36. The highest BCUT2D eigenvalue weighted by molar-refractivity contribution is 6.09. The maximum Gasteiger partial charge on any atom is 0.252 e. The van der Waals surface area contributed by atoms with Gasteiger partial charge in [0.2, 0.25) is 0 Å². The van der Waals surface area contributed by atoms with Gasteiger partial charge >= 0.3 is 0 Å². The van der Waals surface area contributed by atoms with Gasteiger partial charge in [0, 0.05) is 11.3 Å². The fourth-order valence-electron chi connectivity index (χ4n) is 2.66. The summed E-state index contributed by atoms with van der Waals surface area (Å²) in [5.41, 5.74) is 1.61. The zero-order valence-electron chi connectivity index (χ0n) is 11.2. The van der Waals surface area contributed by atoms with E-state index in [0.29, 0.717) is 6.54 Å². The van der Waals surface area contributed by atoms with Crippen LogP contribution < -0.4 is 4.90 Å². The third-order valence-corrected chi connectivity index (χ3v) is 3.81. The molecular formula is C17H14N2O. The van der Waals surface area contributed by atoms with Crippen LogP contribution in [-0.2, 0) is 16.8 Å². The average molecular weight is 262 g/mol. The minimum absolute atomic E-state index is 0.148. The van der Waals surface area contributed by atoms with Crippen LogP contribution in [-0.4, -0.2) is 5.91 Å². The molecule has 3 rings (SSSR count). The van der Waals surface area contributed by atoms with Crippen molar-refractivity contribution < 1.29 is 4.79 Å². The molecule has 0 saturated carbocycles. The van der Waals surface area contributed by atoms with E-state index in [1.165, 1.54) is 0 Å². The maximum atomic E-state index is 12.6. The van der Waals surface area contributed by atoms with E-state index < -0.39 is 5.41 Å². The number of para-hydroxylation sites is 1. The molecule has 0 saturated heterocycles. The van der Waals surface area contributed by atoms with Gasteiger partial charge in [-0.15, -0.1) is 0 Å². The Bertz CT molecular complexity index is 702. The predicted octanol–water partition coefficient (Wildman–Crippen LogP) is 3.01. The molecule has 0 spiro atoms. The molecule has 1 heterocycles. The highest BCUT2D eigenvalue weighted by Gasteiger charge is 2.47. The van der Waals surface area contributed by atoms with Crippen molar-refractivity contribution in [3.63, 3.8) is 0 Å². The van der Waals surface area contributed by atoms with Crippen molar-refractivity contribution >= 4 is 11.6 Å². The number of hydrogen-bond donors (Lipinski definition) is 0. The molecular weight excluding hydrogens is 248 g/mol. The van der Waals surface area contributed by atoms with Crippen molar-refractivity contribution in [1.82, 2.24) is 0 Å². The zero-order valence-corrected chi connectivity index (χ0v) is 11.2. The van der Waals surface area contributed by atoms with Gasteiger partial charge in [-0.25, -0.2) is 0 Å². The summed E-state index contributed by atoms with van der Waals surface area (Å²) in [5, 5.41) is 9.43. The van der Waals surface area contributed by atoms with Gasteiger partial charge in [-0.1, -0.05) is 48.5 Å². The minimum Gasteiger partial charge on any atom is -0.306 e. The lowest BCUT2D eigenvalue weighted by Gasteiger charge is -2.19. The van der Waals surface area contributed by atoms with E-state index in [1.807, 2.05) is 54.6 Å². The number of amides is 1. The topological polar surface area (TPSA) is 44.1 Å². The van der Waals surface area contributed by atoms with Crippen molar-refractivity contribution in [2.24, 2.45) is 0 Å². The molecule has 0 aromatic heterocycles. The van der Waals surface area contributed by atoms with Crippen molar-refractivity contribution in [3.8, 4) is 6.07 Å². The largest absolute Gasteiger partial charge is 0.306 e. The molecule has 1 unspecified atom stereocenters. The number of hydrogen-bond acceptors (Lipinski definition) is 2. The summed E-state index contributed by atoms with van der Waals surface area (Å²) in [4.78, 5) is 14.3. The van der Waals surface area contributed by atoms with Gasteiger partial charge in [-0.05, 0) is 18.6 Å². The Kier molecular flexibility index (Phi) is 2.80. The molecule has 2 aromatic carbocycles. The second kappa shape index (κ2) is 4.50. The first-order chi connectivity index (χ1) is 9.66. The quantitative estimate of drug-likeness (QED) is 0.835. The van der Waals surface area contributed by atoms with Gasteiger partial charge in [0.05, 0.1) is 12.6 Å². The fourth-order valence-corrected chi connectivity index (χ4v) is 2.66. The molecule has 2 aromatic rings. The summed E-state index contributed by atoms with van der Waals surface area (Å²) >= 11 is 0. The Balaban J connectivity index is 2.06. The first-order valence-electron chi connectivity index (χ1n) is 6.53. The monoisotopic (exact) mass is 262 g/mol. The molecule has 3 heteroatoms. The molecule has 0 aliphatic carbocycles. The molecule has 1 amide bonds. The Hall–Kier alpha value is -2.60. The normalized spacial score (nSPS) is 20.6. The van der Waals surface area contributed by atoms with Gasteiger partial charge in [0.25, 0.3) is 5.91 Å². The predicted molar refractivity (Wildman–Crippen MR) is 77.0 cm³/mol. The first kappa shape index (κ1) is 12.4. The van der Waals surface area contributed by atoms with E-state index in [0.717, 1.165) is 16.8 Å². The van der Waals surface area contributed by atoms with E-state index >= 15 is 0 Å². The van der Waals surface area contributed by atoms with Gasteiger partial charge < -0.3 is 4.90 Å².